The zero-order valence-electron chi connectivity index (χ0n) is 13.2. The van der Waals surface area contributed by atoms with Crippen molar-refractivity contribution in [3.8, 4) is 11.5 Å². The molecule has 0 saturated heterocycles. The Kier molecular flexibility index (Phi) is 7.61. The topological polar surface area (TPSA) is 56.8 Å². The minimum Gasteiger partial charge on any atom is -0.494 e. The molecule has 0 aliphatic rings. The van der Waals surface area contributed by atoms with Gasteiger partial charge in [-0.1, -0.05) is 19.9 Å². The van der Waals surface area contributed by atoms with Gasteiger partial charge in [0.25, 0.3) is 0 Å². The average molecular weight is 295 g/mol. The van der Waals surface area contributed by atoms with Crippen molar-refractivity contribution in [2.75, 3.05) is 20.3 Å². The Labute approximate surface area is 126 Å². The van der Waals surface area contributed by atoms with Crippen LogP contribution in [0.25, 0.3) is 0 Å². The van der Waals surface area contributed by atoms with Crippen LogP contribution in [0, 0.1) is 0 Å². The summed E-state index contributed by atoms with van der Waals surface area (Å²) in [6.07, 6.45) is 0.545. The second-order valence-electron chi connectivity index (χ2n) is 4.94. The van der Waals surface area contributed by atoms with E-state index >= 15 is 0 Å². The summed E-state index contributed by atoms with van der Waals surface area (Å²) in [5.41, 5.74) is 0. The minimum atomic E-state index is -0.356. The van der Waals surface area contributed by atoms with E-state index in [4.69, 9.17) is 14.2 Å². The van der Waals surface area contributed by atoms with E-state index in [0.717, 1.165) is 11.5 Å². The van der Waals surface area contributed by atoms with Crippen molar-refractivity contribution in [2.45, 2.75) is 39.3 Å². The third kappa shape index (κ3) is 6.49. The molecule has 1 aromatic carbocycles. The van der Waals surface area contributed by atoms with Crippen LogP contribution in [0.5, 0.6) is 11.5 Å². The Morgan fingerprint density at radius 1 is 1.24 bits per heavy atom. The zero-order valence-corrected chi connectivity index (χ0v) is 13.2. The largest absolute Gasteiger partial charge is 0.494 e. The van der Waals surface area contributed by atoms with Crippen molar-refractivity contribution >= 4 is 5.97 Å². The molecule has 5 heteroatoms. The fourth-order valence-electron chi connectivity index (χ4n) is 1.93. The SMILES string of the molecule is CCOc1cccc(OCCC(NC(C)C)C(=O)OC)c1. The molecule has 21 heavy (non-hydrogen) atoms. The normalized spacial score (nSPS) is 12.0. The van der Waals surface area contributed by atoms with Crippen molar-refractivity contribution in [3.63, 3.8) is 0 Å². The molecule has 5 nitrogen and oxygen atoms in total. The Morgan fingerprint density at radius 2 is 1.90 bits per heavy atom. The first kappa shape index (κ1) is 17.3. The molecule has 0 spiro atoms. The van der Waals surface area contributed by atoms with Gasteiger partial charge in [-0.25, -0.2) is 0 Å². The number of ether oxygens (including phenoxy) is 3. The van der Waals surface area contributed by atoms with Crippen LogP contribution in [0.4, 0.5) is 0 Å². The molecule has 0 saturated carbocycles. The summed E-state index contributed by atoms with van der Waals surface area (Å²) in [5, 5.41) is 3.17. The van der Waals surface area contributed by atoms with Gasteiger partial charge < -0.3 is 19.5 Å². The quantitative estimate of drug-likeness (QED) is 0.709. The number of hydrogen-bond acceptors (Lipinski definition) is 5. The second kappa shape index (κ2) is 9.23. The van der Waals surface area contributed by atoms with Crippen LogP contribution in [0.2, 0.25) is 0 Å². The molecule has 0 radical (unpaired) electrons. The van der Waals surface area contributed by atoms with E-state index in [1.807, 2.05) is 45.0 Å². The fourth-order valence-corrected chi connectivity index (χ4v) is 1.93. The van der Waals surface area contributed by atoms with Gasteiger partial charge in [-0.3, -0.25) is 4.79 Å². The monoisotopic (exact) mass is 295 g/mol. The highest BCUT2D eigenvalue weighted by atomic mass is 16.5. The molecule has 0 heterocycles. The van der Waals surface area contributed by atoms with Gasteiger partial charge in [0, 0.05) is 18.5 Å². The lowest BCUT2D eigenvalue weighted by Crippen LogP contribution is -2.42. The number of carbonyl (C=O) groups excluding carboxylic acids is 1. The van der Waals surface area contributed by atoms with E-state index in [2.05, 4.69) is 5.32 Å². The van der Waals surface area contributed by atoms with Gasteiger partial charge in [0.15, 0.2) is 0 Å². The van der Waals surface area contributed by atoms with Crippen LogP contribution >= 0.6 is 0 Å². The first-order chi connectivity index (χ1) is 10.1. The highest BCUT2D eigenvalue weighted by molar-refractivity contribution is 5.75. The van der Waals surface area contributed by atoms with Crippen LogP contribution < -0.4 is 14.8 Å². The van der Waals surface area contributed by atoms with Gasteiger partial charge in [0.1, 0.15) is 17.5 Å². The highest BCUT2D eigenvalue weighted by Crippen LogP contribution is 2.19. The fraction of sp³-hybridized carbons (Fsp3) is 0.562. The van der Waals surface area contributed by atoms with Crippen LogP contribution in [0.3, 0.4) is 0 Å². The van der Waals surface area contributed by atoms with Crippen molar-refractivity contribution in [3.05, 3.63) is 24.3 Å². The standard InChI is InChI=1S/C16H25NO4/c1-5-20-13-7-6-8-14(11-13)21-10-9-15(16(18)19-4)17-12(2)3/h6-8,11-12,15,17H,5,9-10H2,1-4H3. The molecule has 1 atom stereocenters. The van der Waals surface area contributed by atoms with E-state index in [1.165, 1.54) is 7.11 Å². The highest BCUT2D eigenvalue weighted by Gasteiger charge is 2.19. The number of esters is 1. The number of rotatable bonds is 9. The third-order valence-electron chi connectivity index (χ3n) is 2.81. The predicted molar refractivity (Wildman–Crippen MR) is 81.8 cm³/mol. The smallest absolute Gasteiger partial charge is 0.322 e. The molecule has 0 amide bonds. The van der Waals surface area contributed by atoms with Gasteiger partial charge in [0.2, 0.25) is 0 Å². The number of carbonyl (C=O) groups is 1. The Bertz CT molecular complexity index is 434. The Hall–Kier alpha value is -1.75. The maximum Gasteiger partial charge on any atom is 0.322 e. The molecule has 1 unspecified atom stereocenters. The van der Waals surface area contributed by atoms with Crippen molar-refractivity contribution in [2.24, 2.45) is 0 Å². The van der Waals surface area contributed by atoms with E-state index < -0.39 is 0 Å². The molecule has 0 aromatic heterocycles. The molecular formula is C16H25NO4. The molecule has 118 valence electrons. The molecule has 0 aliphatic carbocycles. The van der Waals surface area contributed by atoms with Crippen LogP contribution in [0.1, 0.15) is 27.2 Å². The van der Waals surface area contributed by atoms with E-state index in [1.54, 1.807) is 0 Å². The summed E-state index contributed by atoms with van der Waals surface area (Å²) in [5.74, 6) is 1.24. The molecule has 0 aliphatic heterocycles. The lowest BCUT2D eigenvalue weighted by Gasteiger charge is -2.19. The first-order valence-corrected chi connectivity index (χ1v) is 7.26. The molecule has 1 aromatic rings. The van der Waals surface area contributed by atoms with E-state index in [0.29, 0.717) is 19.6 Å². The predicted octanol–water partition coefficient (Wildman–Crippen LogP) is 2.39. The van der Waals surface area contributed by atoms with Crippen LogP contribution in [-0.2, 0) is 9.53 Å². The van der Waals surface area contributed by atoms with Crippen molar-refractivity contribution < 1.29 is 19.0 Å². The lowest BCUT2D eigenvalue weighted by molar-refractivity contribution is -0.143. The lowest BCUT2D eigenvalue weighted by atomic mass is 10.2. The second-order valence-corrected chi connectivity index (χ2v) is 4.94. The summed E-state index contributed by atoms with van der Waals surface area (Å²) in [6.45, 7) is 6.96. The van der Waals surface area contributed by atoms with Crippen LogP contribution in [0.15, 0.2) is 24.3 Å². The summed E-state index contributed by atoms with van der Waals surface area (Å²) >= 11 is 0. The van der Waals surface area contributed by atoms with Gasteiger partial charge in [-0.15, -0.1) is 0 Å². The maximum atomic E-state index is 11.7. The van der Waals surface area contributed by atoms with Crippen molar-refractivity contribution in [1.29, 1.82) is 0 Å². The zero-order chi connectivity index (χ0) is 15.7. The van der Waals surface area contributed by atoms with Gasteiger partial charge in [0.05, 0.1) is 20.3 Å². The molecular weight excluding hydrogens is 270 g/mol. The molecule has 1 rings (SSSR count). The van der Waals surface area contributed by atoms with E-state index in [-0.39, 0.29) is 18.1 Å². The van der Waals surface area contributed by atoms with Crippen LogP contribution in [-0.4, -0.2) is 38.4 Å². The summed E-state index contributed by atoms with van der Waals surface area (Å²) in [4.78, 5) is 11.7. The third-order valence-corrected chi connectivity index (χ3v) is 2.81. The summed E-state index contributed by atoms with van der Waals surface area (Å²) in [7, 11) is 1.39. The summed E-state index contributed by atoms with van der Waals surface area (Å²) < 4.78 is 15.9. The van der Waals surface area contributed by atoms with Gasteiger partial charge in [-0.2, -0.15) is 0 Å². The average Bonchev–Trinajstić information content (AvgIpc) is 2.46. The number of methoxy groups -OCH3 is 1. The minimum absolute atomic E-state index is 0.204. The molecule has 0 bridgehead atoms. The molecule has 0 fully saturated rings. The van der Waals surface area contributed by atoms with E-state index in [9.17, 15) is 4.79 Å². The number of benzene rings is 1. The first-order valence-electron chi connectivity index (χ1n) is 7.26. The number of nitrogens with one attached hydrogen (secondary N) is 1. The number of hydrogen-bond donors (Lipinski definition) is 1. The van der Waals surface area contributed by atoms with Gasteiger partial charge in [-0.05, 0) is 19.1 Å². The molecule has 1 N–H and O–H groups in total. The Morgan fingerprint density at radius 3 is 2.48 bits per heavy atom. The van der Waals surface area contributed by atoms with Crippen molar-refractivity contribution in [1.82, 2.24) is 5.32 Å². The summed E-state index contributed by atoms with van der Waals surface area (Å²) in [6, 6.07) is 7.32. The maximum absolute atomic E-state index is 11.7. The van der Waals surface area contributed by atoms with Gasteiger partial charge >= 0.3 is 5.97 Å². The Balaban J connectivity index is 2.49.